The van der Waals surface area contributed by atoms with Crippen LogP contribution in [-0.4, -0.2) is 89.8 Å². The van der Waals surface area contributed by atoms with Crippen molar-refractivity contribution in [3.8, 4) is 0 Å². The summed E-state index contributed by atoms with van der Waals surface area (Å²) in [6, 6.07) is 16.9. The fourth-order valence-electron chi connectivity index (χ4n) is 5.55. The van der Waals surface area contributed by atoms with E-state index in [1.807, 2.05) is 18.2 Å². The second-order valence-electron chi connectivity index (χ2n) is 10.8. The molecular formula is C28H40N4O5S2. The SMILES string of the molecule is CS(=O)(=O)c1ccc(NC(=O)CC2CCN(CCN(c3ccccc3)C3CCN(S(C)(=O)=O)CC3)CC2)cc1. The molecule has 2 aromatic rings. The number of sulfonamides is 1. The van der Waals surface area contributed by atoms with Crippen molar-refractivity contribution >= 4 is 37.1 Å². The zero-order valence-corrected chi connectivity index (χ0v) is 24.5. The first-order chi connectivity index (χ1) is 18.5. The summed E-state index contributed by atoms with van der Waals surface area (Å²) in [5, 5.41) is 2.89. The van der Waals surface area contributed by atoms with E-state index < -0.39 is 19.9 Å². The third kappa shape index (κ3) is 8.51. The van der Waals surface area contributed by atoms with Gasteiger partial charge in [-0.15, -0.1) is 0 Å². The number of hydrogen-bond donors (Lipinski definition) is 1. The van der Waals surface area contributed by atoms with Gasteiger partial charge in [0.15, 0.2) is 9.84 Å². The number of carbonyl (C=O) groups is 1. The molecular weight excluding hydrogens is 536 g/mol. The Kier molecular flexibility index (Phi) is 9.69. The lowest BCUT2D eigenvalue weighted by atomic mass is 9.93. The number of carbonyl (C=O) groups excluding carboxylic acids is 1. The first-order valence-corrected chi connectivity index (χ1v) is 17.3. The number of hydrogen-bond acceptors (Lipinski definition) is 7. The van der Waals surface area contributed by atoms with Crippen molar-refractivity contribution in [1.29, 1.82) is 0 Å². The molecule has 0 spiro atoms. The zero-order chi connectivity index (χ0) is 28.0. The highest BCUT2D eigenvalue weighted by atomic mass is 32.2. The standard InChI is InChI=1S/C28H40N4O5S2/c1-38(34,35)27-10-8-24(9-11-27)29-28(33)22-23-12-16-30(17-13-23)20-21-32(25-6-4-3-5-7-25)26-14-18-31(19-15-26)39(2,36)37/h3-11,23,26H,12-22H2,1-2H3,(H,29,33). The largest absolute Gasteiger partial charge is 0.367 e. The number of benzene rings is 2. The monoisotopic (exact) mass is 576 g/mol. The number of piperidine rings is 2. The predicted octanol–water partition coefficient (Wildman–Crippen LogP) is 3.06. The van der Waals surface area contributed by atoms with Crippen LogP contribution in [0.2, 0.25) is 0 Å². The quantitative estimate of drug-likeness (QED) is 0.463. The van der Waals surface area contributed by atoms with Crippen LogP contribution in [0.15, 0.2) is 59.5 Å². The topological polar surface area (TPSA) is 107 Å². The summed E-state index contributed by atoms with van der Waals surface area (Å²) < 4.78 is 48.7. The van der Waals surface area contributed by atoms with E-state index in [9.17, 15) is 21.6 Å². The minimum Gasteiger partial charge on any atom is -0.367 e. The fraction of sp³-hybridized carbons (Fsp3) is 0.536. The summed E-state index contributed by atoms with van der Waals surface area (Å²) in [7, 11) is -6.41. The molecule has 2 heterocycles. The van der Waals surface area contributed by atoms with Gasteiger partial charge in [0.1, 0.15) is 0 Å². The molecule has 2 aliphatic heterocycles. The Hall–Kier alpha value is -2.47. The van der Waals surface area contributed by atoms with Gasteiger partial charge in [0, 0.05) is 56.3 Å². The molecule has 0 saturated carbocycles. The Morgan fingerprint density at radius 3 is 2.05 bits per heavy atom. The summed E-state index contributed by atoms with van der Waals surface area (Å²) in [5.74, 6) is 0.276. The molecule has 1 amide bonds. The van der Waals surface area contributed by atoms with Crippen molar-refractivity contribution < 1.29 is 21.6 Å². The van der Waals surface area contributed by atoms with Crippen molar-refractivity contribution in [3.05, 3.63) is 54.6 Å². The molecule has 39 heavy (non-hydrogen) atoms. The van der Waals surface area contributed by atoms with Crippen LogP contribution in [-0.2, 0) is 24.7 Å². The fourth-order valence-corrected chi connectivity index (χ4v) is 7.06. The predicted molar refractivity (Wildman–Crippen MR) is 155 cm³/mol. The number of nitrogens with one attached hydrogen (secondary N) is 1. The highest BCUT2D eigenvalue weighted by Gasteiger charge is 2.29. The Bertz CT molecular complexity index is 1300. The maximum Gasteiger partial charge on any atom is 0.224 e. The Morgan fingerprint density at radius 1 is 0.872 bits per heavy atom. The van der Waals surface area contributed by atoms with Crippen LogP contribution in [0.3, 0.4) is 0 Å². The maximum atomic E-state index is 12.6. The lowest BCUT2D eigenvalue weighted by Crippen LogP contribution is -2.49. The number of amides is 1. The normalized spacial score (nSPS) is 18.6. The first kappa shape index (κ1) is 29.5. The van der Waals surface area contributed by atoms with Crippen molar-refractivity contribution in [2.24, 2.45) is 5.92 Å². The van der Waals surface area contributed by atoms with Crippen molar-refractivity contribution in [3.63, 3.8) is 0 Å². The number of para-hydroxylation sites is 1. The smallest absolute Gasteiger partial charge is 0.224 e. The van der Waals surface area contributed by atoms with Gasteiger partial charge >= 0.3 is 0 Å². The molecule has 0 aliphatic carbocycles. The second kappa shape index (κ2) is 12.8. The summed E-state index contributed by atoms with van der Waals surface area (Å²) >= 11 is 0. The summed E-state index contributed by atoms with van der Waals surface area (Å²) in [5.41, 5.74) is 1.78. The molecule has 2 aliphatic rings. The number of nitrogens with zero attached hydrogens (tertiary/aromatic N) is 3. The van der Waals surface area contributed by atoms with E-state index in [1.54, 1.807) is 16.4 Å². The van der Waals surface area contributed by atoms with E-state index in [0.29, 0.717) is 37.2 Å². The Morgan fingerprint density at radius 2 is 1.49 bits per heavy atom. The molecule has 0 radical (unpaired) electrons. The average molecular weight is 577 g/mol. The molecule has 0 bridgehead atoms. The number of anilines is 2. The van der Waals surface area contributed by atoms with E-state index in [2.05, 4.69) is 27.2 Å². The minimum absolute atomic E-state index is 0.0451. The van der Waals surface area contributed by atoms with Gasteiger partial charge in [0.2, 0.25) is 15.9 Å². The molecule has 9 nitrogen and oxygen atoms in total. The molecule has 0 unspecified atom stereocenters. The first-order valence-electron chi connectivity index (χ1n) is 13.6. The van der Waals surface area contributed by atoms with Crippen LogP contribution >= 0.6 is 0 Å². The van der Waals surface area contributed by atoms with E-state index in [-0.39, 0.29) is 10.8 Å². The molecule has 4 rings (SSSR count). The van der Waals surface area contributed by atoms with Gasteiger partial charge in [-0.1, -0.05) is 18.2 Å². The lowest BCUT2D eigenvalue weighted by Gasteiger charge is -2.40. The molecule has 0 atom stereocenters. The van der Waals surface area contributed by atoms with Crippen LogP contribution in [0.25, 0.3) is 0 Å². The molecule has 0 aromatic heterocycles. The van der Waals surface area contributed by atoms with Crippen LogP contribution in [0.1, 0.15) is 32.1 Å². The lowest BCUT2D eigenvalue weighted by molar-refractivity contribution is -0.117. The summed E-state index contributed by atoms with van der Waals surface area (Å²) in [6.45, 7) is 4.80. The van der Waals surface area contributed by atoms with Gasteiger partial charge in [-0.3, -0.25) is 4.79 Å². The molecule has 11 heteroatoms. The Labute approximate surface area is 233 Å². The zero-order valence-electron chi connectivity index (χ0n) is 22.8. The van der Waals surface area contributed by atoms with Gasteiger partial charge in [0.05, 0.1) is 11.2 Å². The van der Waals surface area contributed by atoms with Gasteiger partial charge in [-0.25, -0.2) is 21.1 Å². The second-order valence-corrected chi connectivity index (χ2v) is 14.8. The van der Waals surface area contributed by atoms with Crippen LogP contribution in [0.4, 0.5) is 11.4 Å². The highest BCUT2D eigenvalue weighted by molar-refractivity contribution is 7.90. The molecule has 2 saturated heterocycles. The van der Waals surface area contributed by atoms with Gasteiger partial charge in [0.25, 0.3) is 0 Å². The van der Waals surface area contributed by atoms with E-state index >= 15 is 0 Å². The van der Waals surface area contributed by atoms with E-state index in [1.165, 1.54) is 24.1 Å². The average Bonchev–Trinajstić information content (AvgIpc) is 2.90. The third-order valence-electron chi connectivity index (χ3n) is 7.83. The third-order valence-corrected chi connectivity index (χ3v) is 10.3. The molecule has 1 N–H and O–H groups in total. The number of sulfone groups is 1. The van der Waals surface area contributed by atoms with Gasteiger partial charge in [-0.05, 0) is 81.1 Å². The minimum atomic E-state index is -3.26. The number of rotatable bonds is 10. The van der Waals surface area contributed by atoms with Gasteiger partial charge in [-0.2, -0.15) is 0 Å². The summed E-state index contributed by atoms with van der Waals surface area (Å²) in [4.78, 5) is 17.7. The van der Waals surface area contributed by atoms with Crippen molar-refractivity contribution in [1.82, 2.24) is 9.21 Å². The van der Waals surface area contributed by atoms with Crippen molar-refractivity contribution in [2.45, 2.75) is 43.0 Å². The molecule has 2 aromatic carbocycles. The molecule has 214 valence electrons. The number of likely N-dealkylation sites (tertiary alicyclic amines) is 1. The van der Waals surface area contributed by atoms with Crippen LogP contribution < -0.4 is 10.2 Å². The Balaban J connectivity index is 1.25. The van der Waals surface area contributed by atoms with E-state index in [4.69, 9.17) is 0 Å². The van der Waals surface area contributed by atoms with Crippen LogP contribution in [0, 0.1) is 5.92 Å². The van der Waals surface area contributed by atoms with Crippen LogP contribution in [0.5, 0.6) is 0 Å². The van der Waals surface area contributed by atoms with E-state index in [0.717, 1.165) is 58.1 Å². The van der Waals surface area contributed by atoms with Gasteiger partial charge < -0.3 is 15.1 Å². The molecule has 2 fully saturated rings. The highest BCUT2D eigenvalue weighted by Crippen LogP contribution is 2.26. The summed E-state index contributed by atoms with van der Waals surface area (Å²) in [6.07, 6.45) is 6.45. The van der Waals surface area contributed by atoms with Crippen molar-refractivity contribution in [2.75, 3.05) is 62.0 Å². The maximum absolute atomic E-state index is 12.6.